The van der Waals surface area contributed by atoms with Crippen LogP contribution in [-0.2, 0) is 0 Å². The van der Waals surface area contributed by atoms with E-state index in [-0.39, 0.29) is 12.1 Å². The maximum Gasteiger partial charge on any atom is 0.205 e. The van der Waals surface area contributed by atoms with E-state index in [2.05, 4.69) is 26.7 Å². The number of benzene rings is 1. The number of nitrogens with two attached hydrogens (primary N) is 1. The Bertz CT molecular complexity index is 459. The van der Waals surface area contributed by atoms with Gasteiger partial charge in [-0.1, -0.05) is 12.1 Å². The first kappa shape index (κ1) is 17.3. The highest BCUT2D eigenvalue weighted by atomic mass is 16.5. The van der Waals surface area contributed by atoms with Crippen molar-refractivity contribution in [3.8, 4) is 5.75 Å². The number of hydrogen-bond donors (Lipinski definition) is 3. The van der Waals surface area contributed by atoms with E-state index in [0.29, 0.717) is 12.5 Å². The van der Waals surface area contributed by atoms with Crippen LogP contribution in [0.25, 0.3) is 0 Å². The molecule has 0 saturated heterocycles. The fourth-order valence-corrected chi connectivity index (χ4v) is 2.00. The van der Waals surface area contributed by atoms with E-state index in [1.165, 1.54) is 0 Å². The summed E-state index contributed by atoms with van der Waals surface area (Å²) in [5.74, 6) is 6.94. The fraction of sp³-hybridized carbons (Fsp3) is 0.533. The third kappa shape index (κ3) is 5.61. The fourth-order valence-electron chi connectivity index (χ4n) is 2.00. The van der Waals surface area contributed by atoms with Crippen LogP contribution in [0.2, 0.25) is 0 Å². The summed E-state index contributed by atoms with van der Waals surface area (Å²) in [6.45, 7) is 4.68. The number of guanidine groups is 1. The highest BCUT2D eigenvalue weighted by Gasteiger charge is 2.14. The molecule has 0 amide bonds. The van der Waals surface area contributed by atoms with Crippen LogP contribution in [0.4, 0.5) is 0 Å². The number of hydrazine groups is 1. The minimum atomic E-state index is 0.150. The van der Waals surface area contributed by atoms with Gasteiger partial charge in [-0.25, -0.2) is 5.84 Å². The number of rotatable bonds is 6. The second-order valence-electron chi connectivity index (χ2n) is 5.39. The Hall–Kier alpha value is -1.79. The lowest BCUT2D eigenvalue weighted by Crippen LogP contribution is -2.45. The molecule has 0 spiro atoms. The van der Waals surface area contributed by atoms with Gasteiger partial charge in [0.25, 0.3) is 0 Å². The molecule has 0 aliphatic carbocycles. The quantitative estimate of drug-likeness (QED) is 0.317. The van der Waals surface area contributed by atoms with E-state index in [9.17, 15) is 0 Å². The molecule has 0 heterocycles. The predicted octanol–water partition coefficient (Wildman–Crippen LogP) is 1.12. The number of ether oxygens (including phenoxy) is 1. The molecular formula is C15H27N5O. The third-order valence-electron chi connectivity index (χ3n) is 3.09. The van der Waals surface area contributed by atoms with Gasteiger partial charge >= 0.3 is 0 Å². The first-order valence-electron chi connectivity index (χ1n) is 7.06. The lowest BCUT2D eigenvalue weighted by molar-refractivity contribution is 0.305. The summed E-state index contributed by atoms with van der Waals surface area (Å²) in [6, 6.07) is 8.46. The normalized spacial score (nSPS) is 13.4. The van der Waals surface area contributed by atoms with Gasteiger partial charge in [0.15, 0.2) is 0 Å². The molecular weight excluding hydrogens is 266 g/mol. The molecule has 1 atom stereocenters. The van der Waals surface area contributed by atoms with E-state index in [0.717, 1.165) is 11.3 Å². The summed E-state index contributed by atoms with van der Waals surface area (Å²) < 4.78 is 5.29. The number of nitrogens with one attached hydrogen (secondary N) is 2. The van der Waals surface area contributed by atoms with E-state index in [1.54, 1.807) is 7.11 Å². The van der Waals surface area contributed by atoms with Gasteiger partial charge < -0.3 is 15.0 Å². The average molecular weight is 293 g/mol. The minimum absolute atomic E-state index is 0.150. The maximum atomic E-state index is 5.49. The molecule has 0 aromatic heterocycles. The Labute approximate surface area is 127 Å². The number of nitrogens with zero attached hydrogens (tertiary/aromatic N) is 2. The van der Waals surface area contributed by atoms with E-state index in [4.69, 9.17) is 10.6 Å². The van der Waals surface area contributed by atoms with E-state index in [1.807, 2.05) is 46.1 Å². The van der Waals surface area contributed by atoms with Crippen molar-refractivity contribution in [1.29, 1.82) is 0 Å². The molecule has 6 heteroatoms. The highest BCUT2D eigenvalue weighted by molar-refractivity contribution is 5.79. The molecule has 0 saturated carbocycles. The van der Waals surface area contributed by atoms with Crippen LogP contribution in [0, 0.1) is 0 Å². The molecule has 1 unspecified atom stereocenters. The third-order valence-corrected chi connectivity index (χ3v) is 3.09. The molecule has 0 bridgehead atoms. The summed E-state index contributed by atoms with van der Waals surface area (Å²) in [5, 5.41) is 3.17. The molecule has 0 fully saturated rings. The summed E-state index contributed by atoms with van der Waals surface area (Å²) >= 11 is 0. The van der Waals surface area contributed by atoms with Gasteiger partial charge in [-0.3, -0.25) is 10.4 Å². The van der Waals surface area contributed by atoms with Crippen LogP contribution >= 0.6 is 0 Å². The largest absolute Gasteiger partial charge is 0.497 e. The number of likely N-dealkylation sites (N-methyl/N-ethyl adjacent to an activating group) is 1. The molecule has 0 aliphatic rings. The van der Waals surface area contributed by atoms with Crippen molar-refractivity contribution in [2.45, 2.75) is 25.9 Å². The van der Waals surface area contributed by atoms with Gasteiger partial charge in [0, 0.05) is 6.04 Å². The van der Waals surface area contributed by atoms with Gasteiger partial charge in [0.2, 0.25) is 5.96 Å². The zero-order chi connectivity index (χ0) is 15.8. The molecule has 0 radical (unpaired) electrons. The molecule has 1 rings (SSSR count). The Morgan fingerprint density at radius 2 is 2.10 bits per heavy atom. The second-order valence-corrected chi connectivity index (χ2v) is 5.39. The Balaban J connectivity index is 2.89. The monoisotopic (exact) mass is 293 g/mol. The molecule has 1 aromatic carbocycles. The topological polar surface area (TPSA) is 74.9 Å². The van der Waals surface area contributed by atoms with Gasteiger partial charge in [0.05, 0.1) is 19.7 Å². The van der Waals surface area contributed by atoms with E-state index >= 15 is 0 Å². The predicted molar refractivity (Wildman–Crippen MR) is 87.3 cm³/mol. The smallest absolute Gasteiger partial charge is 0.205 e. The summed E-state index contributed by atoms with van der Waals surface area (Å²) in [5.41, 5.74) is 3.75. The maximum absolute atomic E-state index is 5.49. The first-order chi connectivity index (χ1) is 9.97. The Morgan fingerprint density at radius 3 is 2.62 bits per heavy atom. The van der Waals surface area contributed by atoms with Crippen molar-refractivity contribution in [2.24, 2.45) is 10.8 Å². The van der Waals surface area contributed by atoms with E-state index < -0.39 is 0 Å². The van der Waals surface area contributed by atoms with Crippen LogP contribution in [-0.4, -0.2) is 44.7 Å². The van der Waals surface area contributed by atoms with Gasteiger partial charge in [0.1, 0.15) is 5.75 Å². The van der Waals surface area contributed by atoms with Crippen molar-refractivity contribution in [3.63, 3.8) is 0 Å². The Kier molecular flexibility index (Phi) is 6.98. The standard InChI is InChI=1S/C15H27N5O/c1-11(2)18-15(19-16)17-10-14(20(3)4)12-7-6-8-13(9-12)21-5/h6-9,11,14H,10,16H2,1-5H3,(H2,17,18,19). The van der Waals surface area contributed by atoms with Gasteiger partial charge in [-0.15, -0.1) is 0 Å². The van der Waals surface area contributed by atoms with Crippen molar-refractivity contribution in [1.82, 2.24) is 15.6 Å². The van der Waals surface area contributed by atoms with Crippen LogP contribution in [0.5, 0.6) is 5.75 Å². The molecule has 1 aromatic rings. The average Bonchev–Trinajstić information content (AvgIpc) is 2.45. The Morgan fingerprint density at radius 1 is 1.38 bits per heavy atom. The zero-order valence-electron chi connectivity index (χ0n) is 13.6. The van der Waals surface area contributed by atoms with Crippen LogP contribution in [0.3, 0.4) is 0 Å². The number of methoxy groups -OCH3 is 1. The molecule has 118 valence electrons. The zero-order valence-corrected chi connectivity index (χ0v) is 13.6. The van der Waals surface area contributed by atoms with Gasteiger partial charge in [-0.05, 0) is 45.6 Å². The van der Waals surface area contributed by atoms with Crippen molar-refractivity contribution in [2.75, 3.05) is 27.7 Å². The van der Waals surface area contributed by atoms with Crippen molar-refractivity contribution >= 4 is 5.96 Å². The number of hydrogen-bond acceptors (Lipinski definition) is 4. The number of aliphatic imine (C=N–C) groups is 1. The van der Waals surface area contributed by atoms with Crippen LogP contribution in [0.1, 0.15) is 25.5 Å². The van der Waals surface area contributed by atoms with Crippen LogP contribution < -0.4 is 21.3 Å². The lowest BCUT2D eigenvalue weighted by Gasteiger charge is -2.24. The second kappa shape index (κ2) is 8.49. The molecule has 6 nitrogen and oxygen atoms in total. The van der Waals surface area contributed by atoms with Crippen molar-refractivity contribution < 1.29 is 4.74 Å². The molecule has 21 heavy (non-hydrogen) atoms. The molecule has 4 N–H and O–H groups in total. The summed E-state index contributed by atoms with van der Waals surface area (Å²) in [6.07, 6.45) is 0. The minimum Gasteiger partial charge on any atom is -0.497 e. The highest BCUT2D eigenvalue weighted by Crippen LogP contribution is 2.22. The summed E-state index contributed by atoms with van der Waals surface area (Å²) in [7, 11) is 5.74. The van der Waals surface area contributed by atoms with Crippen molar-refractivity contribution in [3.05, 3.63) is 29.8 Å². The van der Waals surface area contributed by atoms with Gasteiger partial charge in [-0.2, -0.15) is 0 Å². The molecule has 0 aliphatic heterocycles. The first-order valence-corrected chi connectivity index (χ1v) is 7.06. The van der Waals surface area contributed by atoms with Crippen LogP contribution in [0.15, 0.2) is 29.3 Å². The lowest BCUT2D eigenvalue weighted by atomic mass is 10.1. The summed E-state index contributed by atoms with van der Waals surface area (Å²) in [4.78, 5) is 6.65. The SMILES string of the molecule is COc1cccc(C(CN=C(NN)NC(C)C)N(C)C)c1.